The monoisotopic (exact) mass is 408 g/mol. The molecule has 2 N–H and O–H groups in total. The van der Waals surface area contributed by atoms with Crippen molar-refractivity contribution in [2.45, 2.75) is 25.9 Å². The fourth-order valence-electron chi connectivity index (χ4n) is 2.52. The van der Waals surface area contributed by atoms with Gasteiger partial charge in [-0.25, -0.2) is 0 Å². The van der Waals surface area contributed by atoms with Crippen molar-refractivity contribution in [1.29, 1.82) is 0 Å². The van der Waals surface area contributed by atoms with Crippen LogP contribution < -0.4 is 20.1 Å². The van der Waals surface area contributed by atoms with Gasteiger partial charge in [0.1, 0.15) is 11.5 Å². The van der Waals surface area contributed by atoms with Crippen LogP contribution in [0.2, 0.25) is 10.0 Å². The number of rotatable bonds is 6. The van der Waals surface area contributed by atoms with Crippen LogP contribution in [0.15, 0.2) is 36.4 Å². The lowest BCUT2D eigenvalue weighted by Crippen LogP contribution is -2.34. The van der Waals surface area contributed by atoms with E-state index in [1.165, 1.54) is 0 Å². The topological polar surface area (TPSA) is 76.7 Å². The van der Waals surface area contributed by atoms with Crippen molar-refractivity contribution in [2.75, 3.05) is 17.2 Å². The molecule has 1 heterocycles. The van der Waals surface area contributed by atoms with Crippen LogP contribution in [0.4, 0.5) is 11.4 Å². The summed E-state index contributed by atoms with van der Waals surface area (Å²) in [4.78, 5) is 23.8. The quantitative estimate of drug-likeness (QED) is 0.689. The van der Waals surface area contributed by atoms with Crippen molar-refractivity contribution >= 4 is 46.4 Å². The number of fused-ring (bicyclic) bond motifs is 1. The molecule has 0 radical (unpaired) electrons. The van der Waals surface area contributed by atoms with Crippen molar-refractivity contribution in [3.8, 4) is 11.5 Å². The molecule has 1 unspecified atom stereocenters. The molecule has 1 aliphatic rings. The summed E-state index contributed by atoms with van der Waals surface area (Å²) in [6, 6.07) is 10.1. The Balaban J connectivity index is 1.47. The third-order valence-electron chi connectivity index (χ3n) is 3.89. The zero-order valence-electron chi connectivity index (χ0n) is 14.6. The van der Waals surface area contributed by atoms with Gasteiger partial charge in [0.15, 0.2) is 6.10 Å². The van der Waals surface area contributed by atoms with E-state index in [0.29, 0.717) is 45.9 Å². The standard InChI is InChI=1S/C19H18Cl2N2O4/c1-11-19(25)23-15-10-13(5-7-17(15)27-11)22-18(24)3-2-8-26-16-6-4-12(20)9-14(16)21/h4-7,9-11H,2-3,8H2,1H3,(H,22,24)(H,23,25). The van der Waals surface area contributed by atoms with Crippen LogP contribution in [0.5, 0.6) is 11.5 Å². The Bertz CT molecular complexity index is 873. The molecule has 0 aromatic heterocycles. The molecule has 1 aliphatic heterocycles. The molecule has 6 nitrogen and oxygen atoms in total. The Labute approximate surface area is 166 Å². The van der Waals surface area contributed by atoms with Crippen molar-refractivity contribution in [3.05, 3.63) is 46.4 Å². The zero-order valence-corrected chi connectivity index (χ0v) is 16.1. The molecule has 27 heavy (non-hydrogen) atoms. The van der Waals surface area contributed by atoms with Crippen LogP contribution in [0.1, 0.15) is 19.8 Å². The molecule has 1 atom stereocenters. The summed E-state index contributed by atoms with van der Waals surface area (Å²) in [5.74, 6) is 0.732. The van der Waals surface area contributed by atoms with E-state index in [0.717, 1.165) is 0 Å². The number of carbonyl (C=O) groups excluding carboxylic acids is 2. The van der Waals surface area contributed by atoms with Gasteiger partial charge in [-0.2, -0.15) is 0 Å². The Kier molecular flexibility index (Phi) is 6.08. The van der Waals surface area contributed by atoms with E-state index in [-0.39, 0.29) is 18.2 Å². The Hall–Kier alpha value is -2.44. The van der Waals surface area contributed by atoms with E-state index in [1.807, 2.05) is 0 Å². The largest absolute Gasteiger partial charge is 0.492 e. The fraction of sp³-hybridized carbons (Fsp3) is 0.263. The van der Waals surface area contributed by atoms with Gasteiger partial charge in [0, 0.05) is 17.1 Å². The first kappa shape index (κ1) is 19.3. The average Bonchev–Trinajstić information content (AvgIpc) is 2.61. The van der Waals surface area contributed by atoms with Gasteiger partial charge in [0.2, 0.25) is 5.91 Å². The lowest BCUT2D eigenvalue weighted by Gasteiger charge is -2.23. The molecule has 2 amide bonds. The van der Waals surface area contributed by atoms with Crippen molar-refractivity contribution in [3.63, 3.8) is 0 Å². The first-order chi connectivity index (χ1) is 12.9. The molecule has 0 saturated heterocycles. The minimum Gasteiger partial charge on any atom is -0.492 e. The summed E-state index contributed by atoms with van der Waals surface area (Å²) < 4.78 is 11.0. The number of hydrogen-bond donors (Lipinski definition) is 2. The first-order valence-corrected chi connectivity index (χ1v) is 9.17. The summed E-state index contributed by atoms with van der Waals surface area (Å²) in [5, 5.41) is 6.50. The van der Waals surface area contributed by atoms with E-state index in [9.17, 15) is 9.59 Å². The molecule has 2 aromatic rings. The third-order valence-corrected chi connectivity index (χ3v) is 4.42. The Morgan fingerprint density at radius 3 is 2.85 bits per heavy atom. The van der Waals surface area contributed by atoms with Gasteiger partial charge in [-0.15, -0.1) is 0 Å². The molecule has 3 rings (SSSR count). The number of hydrogen-bond acceptors (Lipinski definition) is 4. The number of ether oxygens (including phenoxy) is 2. The van der Waals surface area contributed by atoms with Gasteiger partial charge in [-0.3, -0.25) is 9.59 Å². The van der Waals surface area contributed by atoms with Gasteiger partial charge in [0.25, 0.3) is 5.91 Å². The highest BCUT2D eigenvalue weighted by molar-refractivity contribution is 6.35. The highest BCUT2D eigenvalue weighted by atomic mass is 35.5. The maximum Gasteiger partial charge on any atom is 0.265 e. The molecule has 8 heteroatoms. The van der Waals surface area contributed by atoms with Crippen LogP contribution in [-0.4, -0.2) is 24.5 Å². The highest BCUT2D eigenvalue weighted by Crippen LogP contribution is 2.32. The van der Waals surface area contributed by atoms with E-state index in [1.54, 1.807) is 43.3 Å². The average molecular weight is 409 g/mol. The van der Waals surface area contributed by atoms with Gasteiger partial charge in [-0.1, -0.05) is 23.2 Å². The van der Waals surface area contributed by atoms with Gasteiger partial charge in [-0.05, 0) is 49.7 Å². The second-order valence-electron chi connectivity index (χ2n) is 6.04. The molecule has 142 valence electrons. The zero-order chi connectivity index (χ0) is 19.4. The van der Waals surface area contributed by atoms with Gasteiger partial charge in [0.05, 0.1) is 17.3 Å². The molecule has 2 aromatic carbocycles. The molecular weight excluding hydrogens is 391 g/mol. The molecule has 0 aliphatic carbocycles. The van der Waals surface area contributed by atoms with Gasteiger partial charge < -0.3 is 20.1 Å². The van der Waals surface area contributed by atoms with Crippen molar-refractivity contribution in [2.24, 2.45) is 0 Å². The van der Waals surface area contributed by atoms with Crippen LogP contribution in [0, 0.1) is 0 Å². The van der Waals surface area contributed by atoms with Crippen molar-refractivity contribution < 1.29 is 19.1 Å². The number of carbonyl (C=O) groups is 2. The maximum absolute atomic E-state index is 12.1. The molecular formula is C19H18Cl2N2O4. The third kappa shape index (κ3) is 5.05. The minimum absolute atomic E-state index is 0.155. The van der Waals surface area contributed by atoms with E-state index in [2.05, 4.69) is 10.6 Å². The van der Waals surface area contributed by atoms with Crippen LogP contribution in [0.25, 0.3) is 0 Å². The van der Waals surface area contributed by atoms with Crippen LogP contribution in [0.3, 0.4) is 0 Å². The van der Waals surface area contributed by atoms with Crippen LogP contribution in [-0.2, 0) is 9.59 Å². The normalized spacial score (nSPS) is 15.4. The van der Waals surface area contributed by atoms with E-state index < -0.39 is 6.10 Å². The molecule has 0 fully saturated rings. The summed E-state index contributed by atoms with van der Waals surface area (Å²) in [6.45, 7) is 2.02. The minimum atomic E-state index is -0.535. The second kappa shape index (κ2) is 8.50. The predicted octanol–water partition coefficient (Wildman–Crippen LogP) is 4.51. The van der Waals surface area contributed by atoms with Crippen LogP contribution >= 0.6 is 23.2 Å². The molecule has 0 spiro atoms. The first-order valence-electron chi connectivity index (χ1n) is 8.41. The highest BCUT2D eigenvalue weighted by Gasteiger charge is 2.23. The summed E-state index contributed by atoms with van der Waals surface area (Å²) in [7, 11) is 0. The Morgan fingerprint density at radius 2 is 2.07 bits per heavy atom. The summed E-state index contributed by atoms with van der Waals surface area (Å²) in [6.07, 6.45) is 0.266. The summed E-state index contributed by atoms with van der Waals surface area (Å²) in [5.41, 5.74) is 1.12. The van der Waals surface area contributed by atoms with E-state index >= 15 is 0 Å². The maximum atomic E-state index is 12.1. The fourth-order valence-corrected chi connectivity index (χ4v) is 2.98. The number of anilines is 2. The molecule has 0 bridgehead atoms. The SMILES string of the molecule is CC1Oc2ccc(NC(=O)CCCOc3ccc(Cl)cc3Cl)cc2NC1=O. The van der Waals surface area contributed by atoms with E-state index in [4.69, 9.17) is 32.7 Å². The predicted molar refractivity (Wildman–Crippen MR) is 105 cm³/mol. The molecule has 0 saturated carbocycles. The Morgan fingerprint density at radius 1 is 1.26 bits per heavy atom. The van der Waals surface area contributed by atoms with Crippen molar-refractivity contribution in [1.82, 2.24) is 0 Å². The second-order valence-corrected chi connectivity index (χ2v) is 6.88. The lowest BCUT2D eigenvalue weighted by molar-refractivity contribution is -0.122. The van der Waals surface area contributed by atoms with Gasteiger partial charge >= 0.3 is 0 Å². The number of halogens is 2. The number of nitrogens with one attached hydrogen (secondary N) is 2. The lowest BCUT2D eigenvalue weighted by atomic mass is 10.2. The number of amides is 2. The number of benzene rings is 2. The smallest absolute Gasteiger partial charge is 0.265 e. The summed E-state index contributed by atoms with van der Waals surface area (Å²) >= 11 is 11.9.